The fraction of sp³-hybridized carbons (Fsp3) is 0.636. The molecule has 2 fully saturated rings. The average Bonchev–Trinajstić information content (AvgIpc) is 2.94. The summed E-state index contributed by atoms with van der Waals surface area (Å²) in [5.74, 6) is -0.749. The Bertz CT molecular complexity index is 760. The van der Waals surface area contributed by atoms with Crippen molar-refractivity contribution in [1.82, 2.24) is 15.1 Å². The third kappa shape index (κ3) is 4.41. The number of nitrogens with one attached hydrogen (secondary N) is 1. The van der Waals surface area contributed by atoms with Gasteiger partial charge in [0.05, 0.1) is 6.42 Å². The molecule has 0 radical (unpaired) electrons. The van der Waals surface area contributed by atoms with E-state index >= 15 is 0 Å². The van der Waals surface area contributed by atoms with E-state index in [-0.39, 0.29) is 24.5 Å². The summed E-state index contributed by atoms with van der Waals surface area (Å²) >= 11 is 0. The summed E-state index contributed by atoms with van der Waals surface area (Å²) in [7, 11) is 0. The molecule has 7 heteroatoms. The molecule has 3 aliphatic heterocycles. The van der Waals surface area contributed by atoms with Gasteiger partial charge in [0.2, 0.25) is 0 Å². The summed E-state index contributed by atoms with van der Waals surface area (Å²) < 4.78 is 0. The van der Waals surface area contributed by atoms with Gasteiger partial charge in [-0.2, -0.15) is 0 Å². The van der Waals surface area contributed by atoms with E-state index < -0.39 is 5.97 Å². The first-order valence-electron chi connectivity index (χ1n) is 10.9. The highest BCUT2D eigenvalue weighted by Gasteiger charge is 2.36. The van der Waals surface area contributed by atoms with Crippen LogP contribution in [-0.2, 0) is 17.6 Å². The number of hydrogen-bond donors (Lipinski definition) is 2. The van der Waals surface area contributed by atoms with Crippen LogP contribution in [0, 0.1) is 0 Å². The smallest absolute Gasteiger partial charge is 0.324 e. The maximum absolute atomic E-state index is 13.2. The van der Waals surface area contributed by atoms with Gasteiger partial charge >= 0.3 is 12.0 Å². The number of amides is 2. The van der Waals surface area contributed by atoms with Crippen molar-refractivity contribution >= 4 is 17.7 Å². The van der Waals surface area contributed by atoms with Gasteiger partial charge in [-0.3, -0.25) is 14.6 Å². The van der Waals surface area contributed by atoms with Gasteiger partial charge in [-0.1, -0.05) is 6.07 Å². The molecule has 1 unspecified atom stereocenters. The summed E-state index contributed by atoms with van der Waals surface area (Å²) in [4.78, 5) is 30.3. The summed E-state index contributed by atoms with van der Waals surface area (Å²) in [6, 6.07) is 6.92. The first-order chi connectivity index (χ1) is 14.0. The fourth-order valence-electron chi connectivity index (χ4n) is 4.98. The summed E-state index contributed by atoms with van der Waals surface area (Å²) in [6.07, 6.45) is 4.07. The Balaban J connectivity index is 1.37. The number of benzene rings is 1. The summed E-state index contributed by atoms with van der Waals surface area (Å²) in [5.41, 5.74) is 3.77. The third-order valence-corrected chi connectivity index (χ3v) is 6.72. The highest BCUT2D eigenvalue weighted by atomic mass is 16.4. The van der Waals surface area contributed by atoms with Gasteiger partial charge in [0.1, 0.15) is 0 Å². The molecular formula is C22H32N4O3. The number of carboxylic acids is 1. The molecule has 158 valence electrons. The number of likely N-dealkylation sites (tertiary alicyclic amines) is 1. The Labute approximate surface area is 172 Å². The van der Waals surface area contributed by atoms with E-state index in [9.17, 15) is 9.59 Å². The molecule has 7 nitrogen and oxygen atoms in total. The second-order valence-electron chi connectivity index (χ2n) is 8.54. The third-order valence-electron chi connectivity index (χ3n) is 6.72. The van der Waals surface area contributed by atoms with Crippen LogP contribution in [0.3, 0.4) is 0 Å². The van der Waals surface area contributed by atoms with E-state index in [0.29, 0.717) is 0 Å². The first kappa shape index (κ1) is 20.2. The monoisotopic (exact) mass is 400 g/mol. The lowest BCUT2D eigenvalue weighted by atomic mass is 10.0. The quantitative estimate of drug-likeness (QED) is 0.790. The Morgan fingerprint density at radius 1 is 1.14 bits per heavy atom. The molecule has 1 aromatic carbocycles. The van der Waals surface area contributed by atoms with Crippen molar-refractivity contribution in [2.45, 2.75) is 51.1 Å². The van der Waals surface area contributed by atoms with Crippen molar-refractivity contribution in [3.8, 4) is 0 Å². The Morgan fingerprint density at radius 2 is 1.86 bits per heavy atom. The van der Waals surface area contributed by atoms with E-state index in [1.807, 2.05) is 16.7 Å². The number of aliphatic carboxylic acids is 1. The number of fused-ring (bicyclic) bond motifs is 1. The van der Waals surface area contributed by atoms with Gasteiger partial charge in [0, 0.05) is 44.0 Å². The minimum absolute atomic E-state index is 0.0493. The van der Waals surface area contributed by atoms with Crippen molar-refractivity contribution in [1.29, 1.82) is 0 Å². The van der Waals surface area contributed by atoms with E-state index in [2.05, 4.69) is 28.4 Å². The van der Waals surface area contributed by atoms with Crippen molar-refractivity contribution in [2.24, 2.45) is 0 Å². The normalized spacial score (nSPS) is 22.4. The Morgan fingerprint density at radius 3 is 2.59 bits per heavy atom. The number of piperidine rings is 1. The fourth-order valence-corrected chi connectivity index (χ4v) is 4.98. The lowest BCUT2D eigenvalue weighted by Crippen LogP contribution is -2.49. The molecule has 29 heavy (non-hydrogen) atoms. The average molecular weight is 401 g/mol. The maximum atomic E-state index is 13.2. The molecule has 2 saturated heterocycles. The SMILES string of the molecule is CC(CC(=O)O)N1CCC(N2CCN(c3ccc4c(c3)CCNCC4)C2=O)CC1. The predicted octanol–water partition coefficient (Wildman–Crippen LogP) is 1.94. The van der Waals surface area contributed by atoms with E-state index in [4.69, 9.17) is 5.11 Å². The number of carbonyl (C=O) groups excluding carboxylic acids is 1. The van der Waals surface area contributed by atoms with Crippen LogP contribution in [0.25, 0.3) is 0 Å². The van der Waals surface area contributed by atoms with Gasteiger partial charge in [-0.05, 0) is 69.0 Å². The maximum Gasteiger partial charge on any atom is 0.324 e. The summed E-state index contributed by atoms with van der Waals surface area (Å²) in [6.45, 7) is 7.22. The lowest BCUT2D eigenvalue weighted by Gasteiger charge is -2.38. The zero-order chi connectivity index (χ0) is 20.4. The van der Waals surface area contributed by atoms with Crippen LogP contribution in [-0.4, -0.2) is 78.3 Å². The number of carboxylic acid groups (broad SMARTS) is 1. The van der Waals surface area contributed by atoms with Gasteiger partial charge in [0.25, 0.3) is 0 Å². The predicted molar refractivity (Wildman–Crippen MR) is 112 cm³/mol. The van der Waals surface area contributed by atoms with Gasteiger partial charge in [-0.15, -0.1) is 0 Å². The van der Waals surface area contributed by atoms with Crippen LogP contribution in [0.2, 0.25) is 0 Å². The second-order valence-corrected chi connectivity index (χ2v) is 8.54. The molecule has 0 aromatic heterocycles. The molecule has 0 spiro atoms. The second kappa shape index (κ2) is 8.71. The van der Waals surface area contributed by atoms with Crippen LogP contribution < -0.4 is 10.2 Å². The zero-order valence-electron chi connectivity index (χ0n) is 17.3. The molecule has 3 aliphatic rings. The number of carbonyl (C=O) groups is 2. The molecule has 4 rings (SSSR count). The topological polar surface area (TPSA) is 76.1 Å². The molecule has 2 amide bonds. The molecule has 3 heterocycles. The largest absolute Gasteiger partial charge is 0.481 e. The van der Waals surface area contributed by atoms with Crippen molar-refractivity contribution < 1.29 is 14.7 Å². The van der Waals surface area contributed by atoms with Crippen LogP contribution in [0.15, 0.2) is 18.2 Å². The van der Waals surface area contributed by atoms with Crippen LogP contribution >= 0.6 is 0 Å². The summed E-state index contributed by atoms with van der Waals surface area (Å²) in [5, 5.41) is 12.5. The Hall–Kier alpha value is -2.12. The van der Waals surface area contributed by atoms with E-state index in [1.54, 1.807) is 0 Å². The molecule has 0 aliphatic carbocycles. The van der Waals surface area contributed by atoms with E-state index in [1.165, 1.54) is 11.1 Å². The number of urea groups is 1. The first-order valence-corrected chi connectivity index (χ1v) is 10.9. The highest BCUT2D eigenvalue weighted by molar-refractivity contribution is 5.94. The zero-order valence-corrected chi connectivity index (χ0v) is 17.3. The molecule has 0 bridgehead atoms. The lowest BCUT2D eigenvalue weighted by molar-refractivity contribution is -0.138. The minimum atomic E-state index is -0.749. The van der Waals surface area contributed by atoms with Gasteiger partial charge < -0.3 is 15.3 Å². The van der Waals surface area contributed by atoms with Crippen LogP contribution in [0.5, 0.6) is 0 Å². The number of nitrogens with zero attached hydrogens (tertiary/aromatic N) is 3. The molecule has 0 saturated carbocycles. The van der Waals surface area contributed by atoms with Gasteiger partial charge in [0.15, 0.2) is 0 Å². The molecular weight excluding hydrogens is 368 g/mol. The molecule has 2 N–H and O–H groups in total. The minimum Gasteiger partial charge on any atom is -0.481 e. The van der Waals surface area contributed by atoms with Crippen LogP contribution in [0.1, 0.15) is 37.3 Å². The standard InChI is InChI=1S/C22H32N4O3/c1-16(14-21(27)28)24-10-6-19(7-11-24)25-12-13-26(22(25)29)20-3-2-17-4-8-23-9-5-18(17)15-20/h2-3,15-16,19,23H,4-14H2,1H3,(H,27,28). The van der Waals surface area contributed by atoms with Crippen LogP contribution in [0.4, 0.5) is 10.5 Å². The number of anilines is 1. The Kier molecular flexibility index (Phi) is 6.06. The van der Waals surface area contributed by atoms with E-state index in [0.717, 1.165) is 70.6 Å². The van der Waals surface area contributed by atoms with Crippen molar-refractivity contribution in [3.63, 3.8) is 0 Å². The van der Waals surface area contributed by atoms with Crippen molar-refractivity contribution in [2.75, 3.05) is 44.2 Å². The van der Waals surface area contributed by atoms with Gasteiger partial charge in [-0.25, -0.2) is 4.79 Å². The molecule has 1 atom stereocenters. The number of hydrogen-bond acceptors (Lipinski definition) is 4. The highest BCUT2D eigenvalue weighted by Crippen LogP contribution is 2.28. The molecule has 1 aromatic rings. The number of rotatable bonds is 5. The van der Waals surface area contributed by atoms with Crippen molar-refractivity contribution in [3.05, 3.63) is 29.3 Å².